The number of aromatic nitrogens is 1. The summed E-state index contributed by atoms with van der Waals surface area (Å²) in [7, 11) is 2.84. The standard InChI is InChI=1S/C23H22ClN3O5/c1-30-19-11-15(12-20(31-2)22(19)32-14-21(25)28)23(29)27(13-17-5-3-4-10-26-17)18-8-6-16(24)7-9-18/h3-12H,13-14H2,1-2H3,(H2,25,28). The minimum absolute atomic E-state index is 0.174. The summed E-state index contributed by atoms with van der Waals surface area (Å²) >= 11 is 6.03. The lowest BCUT2D eigenvalue weighted by Gasteiger charge is -2.24. The summed E-state index contributed by atoms with van der Waals surface area (Å²) in [5.41, 5.74) is 6.80. The Morgan fingerprint density at radius 3 is 2.22 bits per heavy atom. The van der Waals surface area contributed by atoms with Gasteiger partial charge in [-0.15, -0.1) is 0 Å². The van der Waals surface area contributed by atoms with Crippen LogP contribution in [0.5, 0.6) is 17.2 Å². The highest BCUT2D eigenvalue weighted by molar-refractivity contribution is 6.30. The third-order valence-corrected chi connectivity index (χ3v) is 4.75. The number of anilines is 1. The average Bonchev–Trinajstić information content (AvgIpc) is 2.81. The Morgan fingerprint density at radius 2 is 1.69 bits per heavy atom. The first-order valence-corrected chi connectivity index (χ1v) is 9.95. The van der Waals surface area contributed by atoms with Crippen molar-refractivity contribution < 1.29 is 23.8 Å². The van der Waals surface area contributed by atoms with Gasteiger partial charge >= 0.3 is 0 Å². The number of amides is 2. The Morgan fingerprint density at radius 1 is 1.03 bits per heavy atom. The lowest BCUT2D eigenvalue weighted by Crippen LogP contribution is -2.31. The van der Waals surface area contributed by atoms with Crippen LogP contribution in [0.3, 0.4) is 0 Å². The van der Waals surface area contributed by atoms with Crippen LogP contribution < -0.4 is 24.8 Å². The van der Waals surface area contributed by atoms with Gasteiger partial charge in [0.1, 0.15) is 0 Å². The highest BCUT2D eigenvalue weighted by atomic mass is 35.5. The Balaban J connectivity index is 2.02. The summed E-state index contributed by atoms with van der Waals surface area (Å²) in [5.74, 6) is -0.353. The number of rotatable bonds is 9. The van der Waals surface area contributed by atoms with E-state index in [2.05, 4.69) is 4.98 Å². The Hall–Kier alpha value is -3.78. The number of methoxy groups -OCH3 is 2. The van der Waals surface area contributed by atoms with Crippen LogP contribution in [0.4, 0.5) is 5.69 Å². The molecule has 0 radical (unpaired) electrons. The molecule has 0 aliphatic heterocycles. The van der Waals surface area contributed by atoms with Crippen LogP contribution in [0.15, 0.2) is 60.8 Å². The van der Waals surface area contributed by atoms with Crippen molar-refractivity contribution >= 4 is 29.1 Å². The molecule has 166 valence electrons. The largest absolute Gasteiger partial charge is 0.493 e. The van der Waals surface area contributed by atoms with Crippen molar-refractivity contribution in [1.82, 2.24) is 4.98 Å². The monoisotopic (exact) mass is 455 g/mol. The maximum absolute atomic E-state index is 13.6. The Bertz CT molecular complexity index is 1070. The molecule has 2 N–H and O–H groups in total. The van der Waals surface area contributed by atoms with E-state index in [0.717, 1.165) is 0 Å². The molecule has 32 heavy (non-hydrogen) atoms. The Kier molecular flexibility index (Phi) is 7.51. The van der Waals surface area contributed by atoms with Crippen molar-refractivity contribution in [3.05, 3.63) is 77.1 Å². The summed E-state index contributed by atoms with van der Waals surface area (Å²) in [6.07, 6.45) is 1.66. The van der Waals surface area contributed by atoms with Gasteiger partial charge in [-0.25, -0.2) is 0 Å². The molecule has 0 fully saturated rings. The molecule has 0 spiro atoms. The molecule has 8 nitrogen and oxygen atoms in total. The van der Waals surface area contributed by atoms with E-state index in [1.54, 1.807) is 41.4 Å². The van der Waals surface area contributed by atoms with Crippen molar-refractivity contribution in [2.75, 3.05) is 25.7 Å². The van der Waals surface area contributed by atoms with E-state index in [1.807, 2.05) is 12.1 Å². The van der Waals surface area contributed by atoms with E-state index in [9.17, 15) is 9.59 Å². The van der Waals surface area contributed by atoms with E-state index in [4.69, 9.17) is 31.5 Å². The van der Waals surface area contributed by atoms with E-state index >= 15 is 0 Å². The maximum Gasteiger partial charge on any atom is 0.258 e. The number of primary amides is 1. The molecule has 1 heterocycles. The summed E-state index contributed by atoms with van der Waals surface area (Å²) in [6.45, 7) is -0.136. The van der Waals surface area contributed by atoms with E-state index < -0.39 is 5.91 Å². The van der Waals surface area contributed by atoms with Crippen molar-refractivity contribution in [1.29, 1.82) is 0 Å². The van der Waals surface area contributed by atoms with Gasteiger partial charge in [-0.05, 0) is 48.5 Å². The van der Waals surface area contributed by atoms with Crippen molar-refractivity contribution in [3.8, 4) is 17.2 Å². The first-order chi connectivity index (χ1) is 15.4. The number of nitrogens with two attached hydrogens (primary N) is 1. The lowest BCUT2D eigenvalue weighted by molar-refractivity contribution is -0.120. The molecule has 0 saturated heterocycles. The molecule has 0 unspecified atom stereocenters. The van der Waals surface area contributed by atoms with E-state index in [0.29, 0.717) is 16.4 Å². The summed E-state index contributed by atoms with van der Waals surface area (Å²) < 4.78 is 16.2. The van der Waals surface area contributed by atoms with Crippen molar-refractivity contribution in [2.24, 2.45) is 5.73 Å². The number of carbonyl (C=O) groups is 2. The van der Waals surface area contributed by atoms with Crippen LogP contribution in [-0.4, -0.2) is 37.6 Å². The predicted molar refractivity (Wildman–Crippen MR) is 120 cm³/mol. The topological polar surface area (TPSA) is 104 Å². The fourth-order valence-corrected chi connectivity index (χ4v) is 3.13. The average molecular weight is 456 g/mol. The van der Waals surface area contributed by atoms with Crippen molar-refractivity contribution in [3.63, 3.8) is 0 Å². The first kappa shape index (κ1) is 22.9. The van der Waals surface area contributed by atoms with Gasteiger partial charge in [0.15, 0.2) is 18.1 Å². The van der Waals surface area contributed by atoms with Crippen LogP contribution in [0.25, 0.3) is 0 Å². The molecule has 2 amide bonds. The molecule has 0 bridgehead atoms. The SMILES string of the molecule is COc1cc(C(=O)N(Cc2ccccn2)c2ccc(Cl)cc2)cc(OC)c1OCC(N)=O. The van der Waals surface area contributed by atoms with Crippen LogP contribution in [-0.2, 0) is 11.3 Å². The zero-order valence-corrected chi connectivity index (χ0v) is 18.3. The lowest BCUT2D eigenvalue weighted by atomic mass is 10.1. The highest BCUT2D eigenvalue weighted by Crippen LogP contribution is 2.39. The second kappa shape index (κ2) is 10.5. The van der Waals surface area contributed by atoms with Gasteiger partial charge in [0, 0.05) is 22.5 Å². The molecule has 0 atom stereocenters. The summed E-state index contributed by atoms with van der Waals surface area (Å²) in [4.78, 5) is 30.6. The summed E-state index contributed by atoms with van der Waals surface area (Å²) in [5, 5.41) is 0.554. The zero-order chi connectivity index (χ0) is 23.1. The fourth-order valence-electron chi connectivity index (χ4n) is 3.00. The Labute approximate surface area is 190 Å². The van der Waals surface area contributed by atoms with E-state index in [1.165, 1.54) is 26.4 Å². The molecule has 0 saturated carbocycles. The molecule has 3 aromatic rings. The van der Waals surface area contributed by atoms with Gasteiger partial charge in [-0.1, -0.05) is 17.7 Å². The minimum atomic E-state index is -0.654. The molecule has 2 aromatic carbocycles. The highest BCUT2D eigenvalue weighted by Gasteiger charge is 2.23. The van der Waals surface area contributed by atoms with Gasteiger partial charge in [0.25, 0.3) is 11.8 Å². The zero-order valence-electron chi connectivity index (χ0n) is 17.6. The second-order valence-electron chi connectivity index (χ2n) is 6.65. The van der Waals surface area contributed by atoms with Gasteiger partial charge in [-0.2, -0.15) is 0 Å². The van der Waals surface area contributed by atoms with Gasteiger partial charge in [-0.3, -0.25) is 14.6 Å². The number of ether oxygens (including phenoxy) is 3. The number of hydrogen-bond donors (Lipinski definition) is 1. The molecule has 3 rings (SSSR count). The number of halogens is 1. The van der Waals surface area contributed by atoms with Gasteiger partial charge < -0.3 is 24.8 Å². The molecule has 0 aliphatic carbocycles. The maximum atomic E-state index is 13.6. The van der Waals surface area contributed by atoms with Crippen LogP contribution >= 0.6 is 11.6 Å². The fraction of sp³-hybridized carbons (Fsp3) is 0.174. The van der Waals surface area contributed by atoms with Gasteiger partial charge in [0.05, 0.1) is 26.5 Å². The molecular weight excluding hydrogens is 434 g/mol. The molecule has 9 heteroatoms. The predicted octanol–water partition coefficient (Wildman–Crippen LogP) is 3.46. The summed E-state index contributed by atoms with van der Waals surface area (Å²) in [6, 6.07) is 15.4. The third kappa shape index (κ3) is 5.47. The number of pyridine rings is 1. The van der Waals surface area contributed by atoms with Crippen LogP contribution in [0.2, 0.25) is 5.02 Å². The van der Waals surface area contributed by atoms with E-state index in [-0.39, 0.29) is 41.9 Å². The second-order valence-corrected chi connectivity index (χ2v) is 7.09. The number of benzene rings is 2. The molecule has 0 aliphatic rings. The number of nitrogens with zero attached hydrogens (tertiary/aromatic N) is 2. The van der Waals surface area contributed by atoms with Crippen LogP contribution in [0.1, 0.15) is 16.1 Å². The molecular formula is C23H22ClN3O5. The van der Waals surface area contributed by atoms with Crippen LogP contribution in [0, 0.1) is 0 Å². The smallest absolute Gasteiger partial charge is 0.258 e. The quantitative estimate of drug-likeness (QED) is 0.530. The van der Waals surface area contributed by atoms with Gasteiger partial charge in [0.2, 0.25) is 5.75 Å². The first-order valence-electron chi connectivity index (χ1n) is 9.57. The van der Waals surface area contributed by atoms with Crippen molar-refractivity contribution in [2.45, 2.75) is 6.54 Å². The number of hydrogen-bond acceptors (Lipinski definition) is 6. The minimum Gasteiger partial charge on any atom is -0.493 e. The normalized spacial score (nSPS) is 10.3. The third-order valence-electron chi connectivity index (χ3n) is 4.50. The molecule has 1 aromatic heterocycles. The number of carbonyl (C=O) groups excluding carboxylic acids is 2.